The molecule has 1 aliphatic heterocycles. The van der Waals surface area contributed by atoms with Crippen LogP contribution in [0.3, 0.4) is 0 Å². The van der Waals surface area contributed by atoms with Crippen molar-refractivity contribution in [2.45, 2.75) is 24.6 Å². The standard InChI is InChI=1S/C12H11F5N/c13-11(14)5-6-18-10(7-11)8-1-3-9(4-2-8)12(15,16)17/h1-4,7,10,18H,5-6H2. The van der Waals surface area contributed by atoms with Crippen molar-refractivity contribution in [2.24, 2.45) is 0 Å². The summed E-state index contributed by atoms with van der Waals surface area (Å²) in [4.78, 5) is 0. The number of rotatable bonds is 1. The SMILES string of the molecule is FC1(F)[CH]C(c2ccc(C(F)(F)F)cc2)NCC1. The van der Waals surface area contributed by atoms with E-state index >= 15 is 0 Å². The molecular weight excluding hydrogens is 253 g/mol. The lowest BCUT2D eigenvalue weighted by Crippen LogP contribution is -2.38. The molecule has 1 unspecified atom stereocenters. The van der Waals surface area contributed by atoms with Gasteiger partial charge in [-0.05, 0) is 17.7 Å². The summed E-state index contributed by atoms with van der Waals surface area (Å²) in [6.45, 7) is 0.134. The maximum Gasteiger partial charge on any atom is 0.416 e. The number of benzene rings is 1. The summed E-state index contributed by atoms with van der Waals surface area (Å²) >= 11 is 0. The Kier molecular flexibility index (Phi) is 3.31. The van der Waals surface area contributed by atoms with E-state index in [0.717, 1.165) is 18.6 Å². The second kappa shape index (κ2) is 4.50. The number of piperidine rings is 1. The van der Waals surface area contributed by atoms with Crippen LogP contribution in [0.5, 0.6) is 0 Å². The summed E-state index contributed by atoms with van der Waals surface area (Å²) in [5, 5.41) is 2.83. The number of halogens is 5. The summed E-state index contributed by atoms with van der Waals surface area (Å²) in [5.74, 6) is -2.88. The molecule has 0 amide bonds. The topological polar surface area (TPSA) is 12.0 Å². The average molecular weight is 264 g/mol. The molecule has 1 radical (unpaired) electrons. The van der Waals surface area contributed by atoms with Crippen LogP contribution in [0.2, 0.25) is 0 Å². The van der Waals surface area contributed by atoms with Gasteiger partial charge in [-0.25, -0.2) is 8.78 Å². The first-order chi connectivity index (χ1) is 8.28. The number of hydrogen-bond acceptors (Lipinski definition) is 1. The minimum Gasteiger partial charge on any atom is -0.309 e. The van der Waals surface area contributed by atoms with Crippen molar-refractivity contribution < 1.29 is 22.0 Å². The molecule has 18 heavy (non-hydrogen) atoms. The van der Waals surface area contributed by atoms with Gasteiger partial charge in [0.2, 0.25) is 0 Å². The van der Waals surface area contributed by atoms with Crippen molar-refractivity contribution in [1.82, 2.24) is 5.32 Å². The Morgan fingerprint density at radius 1 is 1.11 bits per heavy atom. The van der Waals surface area contributed by atoms with Gasteiger partial charge in [-0.15, -0.1) is 0 Å². The van der Waals surface area contributed by atoms with Crippen LogP contribution in [0.4, 0.5) is 22.0 Å². The van der Waals surface area contributed by atoms with Gasteiger partial charge in [0.25, 0.3) is 5.92 Å². The van der Waals surface area contributed by atoms with Crippen LogP contribution >= 0.6 is 0 Å². The van der Waals surface area contributed by atoms with E-state index in [1.807, 2.05) is 0 Å². The third-order valence-corrected chi connectivity index (χ3v) is 2.83. The summed E-state index contributed by atoms with van der Waals surface area (Å²) in [5.41, 5.74) is -0.379. The zero-order valence-electron chi connectivity index (χ0n) is 9.27. The Bertz CT molecular complexity index is 409. The molecule has 1 N–H and O–H groups in total. The van der Waals surface area contributed by atoms with E-state index < -0.39 is 23.7 Å². The molecule has 1 atom stereocenters. The van der Waals surface area contributed by atoms with Gasteiger partial charge in [0.1, 0.15) is 0 Å². The van der Waals surface area contributed by atoms with E-state index in [2.05, 4.69) is 5.32 Å². The smallest absolute Gasteiger partial charge is 0.309 e. The Hall–Kier alpha value is -1.17. The Morgan fingerprint density at radius 3 is 2.22 bits per heavy atom. The molecule has 1 nitrogen and oxygen atoms in total. The average Bonchev–Trinajstić information content (AvgIpc) is 2.27. The highest BCUT2D eigenvalue weighted by Gasteiger charge is 2.37. The van der Waals surface area contributed by atoms with Gasteiger partial charge in [-0.3, -0.25) is 0 Å². The fourth-order valence-corrected chi connectivity index (χ4v) is 1.87. The summed E-state index contributed by atoms with van der Waals surface area (Å²) in [7, 11) is 0. The fraction of sp³-hybridized carbons (Fsp3) is 0.417. The second-order valence-electron chi connectivity index (χ2n) is 4.23. The molecule has 0 aliphatic carbocycles. The Labute approximate surface area is 101 Å². The van der Waals surface area contributed by atoms with Crippen molar-refractivity contribution in [3.63, 3.8) is 0 Å². The van der Waals surface area contributed by atoms with E-state index in [-0.39, 0.29) is 13.0 Å². The quantitative estimate of drug-likeness (QED) is 0.764. The molecule has 0 bridgehead atoms. The van der Waals surface area contributed by atoms with E-state index in [4.69, 9.17) is 0 Å². The van der Waals surface area contributed by atoms with Crippen LogP contribution in [0.1, 0.15) is 23.6 Å². The summed E-state index contributed by atoms with van der Waals surface area (Å²) in [6, 6.07) is 3.53. The third-order valence-electron chi connectivity index (χ3n) is 2.83. The highest BCUT2D eigenvalue weighted by molar-refractivity contribution is 5.29. The largest absolute Gasteiger partial charge is 0.416 e. The second-order valence-corrected chi connectivity index (χ2v) is 4.23. The van der Waals surface area contributed by atoms with Crippen LogP contribution < -0.4 is 5.32 Å². The first-order valence-corrected chi connectivity index (χ1v) is 5.42. The lowest BCUT2D eigenvalue weighted by molar-refractivity contribution is -0.137. The Morgan fingerprint density at radius 2 is 1.72 bits per heavy atom. The Balaban J connectivity index is 2.15. The van der Waals surface area contributed by atoms with Crippen LogP contribution in [0.25, 0.3) is 0 Å². The molecule has 2 rings (SSSR count). The highest BCUT2D eigenvalue weighted by atomic mass is 19.4. The molecule has 0 saturated carbocycles. The van der Waals surface area contributed by atoms with Gasteiger partial charge in [0.15, 0.2) is 0 Å². The molecule has 6 heteroatoms. The van der Waals surface area contributed by atoms with Gasteiger partial charge in [0, 0.05) is 19.0 Å². The van der Waals surface area contributed by atoms with Crippen LogP contribution in [-0.4, -0.2) is 12.5 Å². The van der Waals surface area contributed by atoms with Gasteiger partial charge < -0.3 is 5.32 Å². The minimum atomic E-state index is -4.41. The number of hydrogen-bond donors (Lipinski definition) is 1. The molecule has 0 aromatic heterocycles. The van der Waals surface area contributed by atoms with E-state index in [9.17, 15) is 22.0 Å². The van der Waals surface area contributed by atoms with Gasteiger partial charge in [-0.2, -0.15) is 13.2 Å². The van der Waals surface area contributed by atoms with Crippen LogP contribution in [-0.2, 0) is 6.18 Å². The first kappa shape index (κ1) is 13.3. The number of nitrogens with one attached hydrogen (secondary N) is 1. The zero-order chi connectivity index (χ0) is 13.4. The van der Waals surface area contributed by atoms with E-state index in [1.54, 1.807) is 0 Å². The van der Waals surface area contributed by atoms with Gasteiger partial charge >= 0.3 is 6.18 Å². The molecule has 1 saturated heterocycles. The maximum atomic E-state index is 13.1. The molecule has 1 heterocycles. The summed E-state index contributed by atoms with van der Waals surface area (Å²) in [6.07, 6.45) is -3.87. The lowest BCUT2D eigenvalue weighted by Gasteiger charge is -2.30. The van der Waals surface area contributed by atoms with Crippen molar-refractivity contribution in [3.05, 3.63) is 41.8 Å². The van der Waals surface area contributed by atoms with Crippen LogP contribution in [0.15, 0.2) is 24.3 Å². The van der Waals surface area contributed by atoms with E-state index in [1.165, 1.54) is 12.1 Å². The molecule has 1 aromatic rings. The molecule has 1 aliphatic rings. The molecule has 1 fully saturated rings. The fourth-order valence-electron chi connectivity index (χ4n) is 1.87. The third kappa shape index (κ3) is 2.98. The predicted molar refractivity (Wildman–Crippen MR) is 56.1 cm³/mol. The van der Waals surface area contributed by atoms with Crippen molar-refractivity contribution in [3.8, 4) is 0 Å². The molecule has 1 aromatic carbocycles. The molecule has 0 spiro atoms. The normalized spacial score (nSPS) is 23.9. The predicted octanol–water partition coefficient (Wildman–Crippen LogP) is 3.58. The van der Waals surface area contributed by atoms with Crippen LogP contribution in [0, 0.1) is 6.42 Å². The maximum absolute atomic E-state index is 13.1. The van der Waals surface area contributed by atoms with Crippen molar-refractivity contribution in [2.75, 3.05) is 6.54 Å². The monoisotopic (exact) mass is 264 g/mol. The number of alkyl halides is 5. The van der Waals surface area contributed by atoms with Crippen molar-refractivity contribution in [1.29, 1.82) is 0 Å². The van der Waals surface area contributed by atoms with Crippen molar-refractivity contribution >= 4 is 0 Å². The van der Waals surface area contributed by atoms with Gasteiger partial charge in [-0.1, -0.05) is 12.1 Å². The molecule has 99 valence electrons. The highest BCUT2D eigenvalue weighted by Crippen LogP contribution is 2.35. The molecular formula is C12H11F5N. The lowest BCUT2D eigenvalue weighted by atomic mass is 9.94. The minimum absolute atomic E-state index is 0.134. The summed E-state index contributed by atoms with van der Waals surface area (Å²) < 4.78 is 63.3. The van der Waals surface area contributed by atoms with E-state index in [0.29, 0.717) is 5.56 Å². The first-order valence-electron chi connectivity index (χ1n) is 5.42. The zero-order valence-corrected chi connectivity index (χ0v) is 9.27. The van der Waals surface area contributed by atoms with Gasteiger partial charge in [0.05, 0.1) is 12.0 Å².